The number of aliphatic imine (C=N–C) groups is 1. The first-order valence-electron chi connectivity index (χ1n) is 4.99. The molecular weight excluding hydrogens is 192 g/mol. The number of rotatable bonds is 5. The summed E-state index contributed by atoms with van der Waals surface area (Å²) in [7, 11) is 1.67. The lowest BCUT2D eigenvalue weighted by Gasteiger charge is -2.01. The van der Waals surface area contributed by atoms with E-state index in [1.165, 1.54) is 0 Å². The largest absolute Gasteiger partial charge is 0.387 e. The number of nitrogens with zero attached hydrogens (tertiary/aromatic N) is 3. The predicted octanol–water partition coefficient (Wildman–Crippen LogP) is 1.17. The van der Waals surface area contributed by atoms with E-state index in [1.54, 1.807) is 18.0 Å². The van der Waals surface area contributed by atoms with Gasteiger partial charge in [0.2, 0.25) is 0 Å². The van der Waals surface area contributed by atoms with Crippen molar-refractivity contribution in [2.24, 2.45) is 16.6 Å². The zero-order chi connectivity index (χ0) is 11.3. The molecular formula is C10H18N4O. The Morgan fingerprint density at radius 3 is 3.00 bits per heavy atom. The van der Waals surface area contributed by atoms with Crippen LogP contribution in [0.1, 0.15) is 13.8 Å². The van der Waals surface area contributed by atoms with Gasteiger partial charge in [0.05, 0.1) is 25.5 Å². The molecule has 0 atom stereocenters. The van der Waals surface area contributed by atoms with Crippen molar-refractivity contribution in [3.63, 3.8) is 0 Å². The van der Waals surface area contributed by atoms with Crippen molar-refractivity contribution < 1.29 is 4.74 Å². The molecule has 1 heterocycles. The number of nitrogens with two attached hydrogens (primary N) is 1. The first kappa shape index (κ1) is 11.7. The Hall–Kier alpha value is -1.36. The van der Waals surface area contributed by atoms with E-state index in [4.69, 9.17) is 10.5 Å². The molecule has 0 aliphatic heterocycles. The van der Waals surface area contributed by atoms with Crippen LogP contribution in [0.4, 0.5) is 5.69 Å². The van der Waals surface area contributed by atoms with Crippen molar-refractivity contribution in [3.05, 3.63) is 12.4 Å². The molecule has 5 heteroatoms. The third-order valence-electron chi connectivity index (χ3n) is 1.99. The Kier molecular flexibility index (Phi) is 4.30. The van der Waals surface area contributed by atoms with Crippen LogP contribution in [0.15, 0.2) is 17.4 Å². The van der Waals surface area contributed by atoms with Gasteiger partial charge in [0.1, 0.15) is 11.5 Å². The molecule has 0 amide bonds. The van der Waals surface area contributed by atoms with Crippen LogP contribution >= 0.6 is 0 Å². The first-order valence-corrected chi connectivity index (χ1v) is 4.99. The van der Waals surface area contributed by atoms with Crippen molar-refractivity contribution in [2.75, 3.05) is 13.7 Å². The summed E-state index contributed by atoms with van der Waals surface area (Å²) in [5, 5.41) is 4.14. The minimum Gasteiger partial charge on any atom is -0.387 e. The standard InChI is InChI=1S/C10H18N4O/c1-8(2)10(11)13-9-6-12-14(7-9)4-5-15-3/h6-8H,4-5H2,1-3H3,(H2,11,13). The van der Waals surface area contributed by atoms with E-state index in [1.807, 2.05) is 20.0 Å². The van der Waals surface area contributed by atoms with Crippen molar-refractivity contribution in [2.45, 2.75) is 20.4 Å². The van der Waals surface area contributed by atoms with Gasteiger partial charge in [0.25, 0.3) is 0 Å². The second-order valence-electron chi connectivity index (χ2n) is 3.65. The van der Waals surface area contributed by atoms with Gasteiger partial charge in [0, 0.05) is 13.0 Å². The van der Waals surface area contributed by atoms with E-state index in [0.29, 0.717) is 12.4 Å². The molecule has 0 saturated heterocycles. The van der Waals surface area contributed by atoms with Gasteiger partial charge in [-0.25, -0.2) is 4.99 Å². The highest BCUT2D eigenvalue weighted by molar-refractivity contribution is 5.84. The number of hydrogen-bond donors (Lipinski definition) is 1. The van der Waals surface area contributed by atoms with Crippen molar-refractivity contribution >= 4 is 11.5 Å². The Bertz CT molecular complexity index is 330. The summed E-state index contributed by atoms with van der Waals surface area (Å²) in [5.41, 5.74) is 6.54. The van der Waals surface area contributed by atoms with Crippen LogP contribution in [-0.2, 0) is 11.3 Å². The molecule has 1 aromatic rings. The lowest BCUT2D eigenvalue weighted by molar-refractivity contribution is 0.183. The quantitative estimate of drug-likeness (QED) is 0.586. The molecule has 0 saturated carbocycles. The maximum Gasteiger partial charge on any atom is 0.103 e. The lowest BCUT2D eigenvalue weighted by atomic mass is 10.2. The Labute approximate surface area is 89.9 Å². The molecule has 0 radical (unpaired) electrons. The van der Waals surface area contributed by atoms with Gasteiger partial charge in [-0.3, -0.25) is 4.68 Å². The molecule has 0 aliphatic rings. The average Bonchev–Trinajstić information content (AvgIpc) is 2.62. The van der Waals surface area contributed by atoms with Gasteiger partial charge in [-0.15, -0.1) is 0 Å². The van der Waals surface area contributed by atoms with Crippen LogP contribution in [-0.4, -0.2) is 29.3 Å². The Balaban J connectivity index is 2.63. The first-order chi connectivity index (χ1) is 7.13. The molecule has 5 nitrogen and oxygen atoms in total. The molecule has 1 rings (SSSR count). The average molecular weight is 210 g/mol. The molecule has 0 unspecified atom stereocenters. The number of amidine groups is 1. The summed E-state index contributed by atoms with van der Waals surface area (Å²) < 4.78 is 6.74. The number of aromatic nitrogens is 2. The second kappa shape index (κ2) is 5.50. The third-order valence-corrected chi connectivity index (χ3v) is 1.99. The summed E-state index contributed by atoms with van der Waals surface area (Å²) in [5.74, 6) is 0.883. The van der Waals surface area contributed by atoms with Gasteiger partial charge in [0.15, 0.2) is 0 Å². The van der Waals surface area contributed by atoms with E-state index in [-0.39, 0.29) is 5.92 Å². The Morgan fingerprint density at radius 1 is 1.67 bits per heavy atom. The fourth-order valence-corrected chi connectivity index (χ4v) is 0.996. The summed E-state index contributed by atoms with van der Waals surface area (Å²) >= 11 is 0. The van der Waals surface area contributed by atoms with Crippen LogP contribution in [0.2, 0.25) is 0 Å². The molecule has 2 N–H and O–H groups in total. The summed E-state index contributed by atoms with van der Waals surface area (Å²) in [4.78, 5) is 4.26. The van der Waals surface area contributed by atoms with Crippen LogP contribution in [0.25, 0.3) is 0 Å². The zero-order valence-corrected chi connectivity index (χ0v) is 9.47. The highest BCUT2D eigenvalue weighted by atomic mass is 16.5. The topological polar surface area (TPSA) is 65.4 Å². The lowest BCUT2D eigenvalue weighted by Crippen LogP contribution is -2.17. The zero-order valence-electron chi connectivity index (χ0n) is 9.47. The van der Waals surface area contributed by atoms with Gasteiger partial charge in [-0.05, 0) is 0 Å². The molecule has 0 spiro atoms. The van der Waals surface area contributed by atoms with Crippen LogP contribution < -0.4 is 5.73 Å². The second-order valence-corrected chi connectivity index (χ2v) is 3.65. The van der Waals surface area contributed by atoms with E-state index < -0.39 is 0 Å². The predicted molar refractivity (Wildman–Crippen MR) is 60.2 cm³/mol. The van der Waals surface area contributed by atoms with E-state index >= 15 is 0 Å². The molecule has 1 aromatic heterocycles. The van der Waals surface area contributed by atoms with Gasteiger partial charge < -0.3 is 10.5 Å². The van der Waals surface area contributed by atoms with E-state index in [2.05, 4.69) is 10.1 Å². The third kappa shape index (κ3) is 3.71. The SMILES string of the molecule is COCCn1cc(N=C(N)C(C)C)cn1. The van der Waals surface area contributed by atoms with Gasteiger partial charge >= 0.3 is 0 Å². The molecule has 0 bridgehead atoms. The molecule has 0 aromatic carbocycles. The van der Waals surface area contributed by atoms with Crippen molar-refractivity contribution in [1.82, 2.24) is 9.78 Å². The van der Waals surface area contributed by atoms with Gasteiger partial charge in [-0.2, -0.15) is 5.10 Å². The fourth-order valence-electron chi connectivity index (χ4n) is 0.996. The minimum absolute atomic E-state index is 0.257. The summed E-state index contributed by atoms with van der Waals surface area (Å²) in [6.45, 7) is 5.39. The van der Waals surface area contributed by atoms with E-state index in [0.717, 1.165) is 12.2 Å². The van der Waals surface area contributed by atoms with Crippen molar-refractivity contribution in [3.8, 4) is 0 Å². The molecule has 0 aliphatic carbocycles. The van der Waals surface area contributed by atoms with E-state index in [9.17, 15) is 0 Å². The fraction of sp³-hybridized carbons (Fsp3) is 0.600. The molecule has 15 heavy (non-hydrogen) atoms. The van der Waals surface area contributed by atoms with Crippen molar-refractivity contribution in [1.29, 1.82) is 0 Å². The summed E-state index contributed by atoms with van der Waals surface area (Å²) in [6.07, 6.45) is 3.55. The van der Waals surface area contributed by atoms with Gasteiger partial charge in [-0.1, -0.05) is 13.8 Å². The monoisotopic (exact) mass is 210 g/mol. The van der Waals surface area contributed by atoms with Crippen LogP contribution in [0, 0.1) is 5.92 Å². The highest BCUT2D eigenvalue weighted by Crippen LogP contribution is 2.10. The number of hydrogen-bond acceptors (Lipinski definition) is 3. The van der Waals surface area contributed by atoms with Crippen LogP contribution in [0.5, 0.6) is 0 Å². The number of ether oxygens (including phenoxy) is 1. The highest BCUT2D eigenvalue weighted by Gasteiger charge is 2.01. The number of methoxy groups -OCH3 is 1. The normalized spacial score (nSPS) is 12.4. The molecule has 0 fully saturated rings. The van der Waals surface area contributed by atoms with Crippen LogP contribution in [0.3, 0.4) is 0 Å². The maximum atomic E-state index is 5.75. The smallest absolute Gasteiger partial charge is 0.103 e. The molecule has 84 valence electrons. The minimum atomic E-state index is 0.257. The maximum absolute atomic E-state index is 5.75. The Morgan fingerprint density at radius 2 is 2.40 bits per heavy atom. The summed E-state index contributed by atoms with van der Waals surface area (Å²) in [6, 6.07) is 0.